The zero-order chi connectivity index (χ0) is 37.4. The van der Waals surface area contributed by atoms with Crippen molar-refractivity contribution >= 4 is 60.2 Å². The Hall–Kier alpha value is -6.96. The van der Waals surface area contributed by atoms with Crippen molar-refractivity contribution in [3.05, 3.63) is 211 Å². The molecule has 0 aromatic heterocycles. The maximum absolute atomic E-state index is 2.48. The van der Waals surface area contributed by atoms with E-state index in [0.717, 1.165) is 17.1 Å². The smallest absolute Gasteiger partial charge is 0.0540 e. The van der Waals surface area contributed by atoms with E-state index in [-0.39, 0.29) is 5.41 Å². The van der Waals surface area contributed by atoms with Gasteiger partial charge < -0.3 is 4.90 Å². The van der Waals surface area contributed by atoms with Crippen LogP contribution in [0.2, 0.25) is 0 Å². The van der Waals surface area contributed by atoms with Crippen molar-refractivity contribution in [2.75, 3.05) is 4.90 Å². The molecular formula is C55H39N. The molecule has 0 bridgehead atoms. The summed E-state index contributed by atoms with van der Waals surface area (Å²) >= 11 is 0. The molecule has 0 radical (unpaired) electrons. The van der Waals surface area contributed by atoms with Gasteiger partial charge in [-0.05, 0) is 118 Å². The first-order valence-electron chi connectivity index (χ1n) is 19.6. The minimum Gasteiger partial charge on any atom is -0.310 e. The minimum absolute atomic E-state index is 0.0720. The first kappa shape index (κ1) is 32.5. The fourth-order valence-corrected chi connectivity index (χ4v) is 9.54. The largest absolute Gasteiger partial charge is 0.310 e. The van der Waals surface area contributed by atoms with Crippen molar-refractivity contribution < 1.29 is 0 Å². The highest BCUT2D eigenvalue weighted by Gasteiger charge is 2.35. The number of hydrogen-bond acceptors (Lipinski definition) is 1. The summed E-state index contributed by atoms with van der Waals surface area (Å²) in [6, 6.07) is 74.1. The average Bonchev–Trinajstić information content (AvgIpc) is 3.49. The summed E-state index contributed by atoms with van der Waals surface area (Å²) in [5, 5.41) is 10.2. The van der Waals surface area contributed by atoms with Crippen LogP contribution in [0.1, 0.15) is 25.0 Å². The Bertz CT molecular complexity index is 3170. The van der Waals surface area contributed by atoms with Crippen LogP contribution in [0.4, 0.5) is 17.1 Å². The van der Waals surface area contributed by atoms with E-state index in [2.05, 4.69) is 219 Å². The predicted octanol–water partition coefficient (Wildman–Crippen LogP) is 15.4. The van der Waals surface area contributed by atoms with Gasteiger partial charge in [0.05, 0.1) is 5.69 Å². The minimum atomic E-state index is -0.0720. The maximum Gasteiger partial charge on any atom is 0.0540 e. The highest BCUT2D eigenvalue weighted by molar-refractivity contribution is 6.30. The van der Waals surface area contributed by atoms with E-state index in [1.165, 1.54) is 87.6 Å². The van der Waals surface area contributed by atoms with Gasteiger partial charge in [-0.3, -0.25) is 0 Å². The lowest BCUT2D eigenvalue weighted by atomic mass is 9.82. The standard InChI is InChI=1S/C55H39N/c1-55(2)50-25-12-10-23-45(50)49-35-42(30-32-51(49)55)56(41-20-14-19-39(33-41)36-15-4-3-5-16-36)52-26-13-11-24-46(52)48-34-40-28-27-37-17-6-8-21-43(37)53(40)54-44-22-9-7-18-38(44)29-31-47(48)54/h3-35H,1-2H3. The van der Waals surface area contributed by atoms with Crippen LogP contribution in [0, 0.1) is 0 Å². The van der Waals surface area contributed by atoms with Gasteiger partial charge in [-0.15, -0.1) is 0 Å². The second-order valence-electron chi connectivity index (χ2n) is 15.7. The molecule has 0 amide bonds. The van der Waals surface area contributed by atoms with Crippen LogP contribution in [0.15, 0.2) is 200 Å². The Kier molecular flexibility index (Phi) is 7.28. The topological polar surface area (TPSA) is 3.24 Å². The summed E-state index contributed by atoms with van der Waals surface area (Å²) in [5.41, 5.74) is 13.5. The molecule has 0 unspecified atom stereocenters. The summed E-state index contributed by atoms with van der Waals surface area (Å²) < 4.78 is 0. The molecular weight excluding hydrogens is 675 g/mol. The molecule has 1 heteroatoms. The molecule has 1 aliphatic rings. The summed E-state index contributed by atoms with van der Waals surface area (Å²) in [7, 11) is 0. The number of anilines is 3. The quantitative estimate of drug-likeness (QED) is 0.161. The number of para-hydroxylation sites is 1. The van der Waals surface area contributed by atoms with Crippen molar-refractivity contribution in [3.63, 3.8) is 0 Å². The summed E-state index contributed by atoms with van der Waals surface area (Å²) in [5.74, 6) is 0. The Labute approximate surface area is 327 Å². The van der Waals surface area contributed by atoms with Crippen LogP contribution in [0.5, 0.6) is 0 Å². The van der Waals surface area contributed by atoms with Crippen molar-refractivity contribution in [1.29, 1.82) is 0 Å². The number of fused-ring (bicyclic) bond motifs is 10. The maximum atomic E-state index is 2.48. The zero-order valence-corrected chi connectivity index (χ0v) is 31.5. The molecule has 264 valence electrons. The Morgan fingerprint density at radius 2 is 0.946 bits per heavy atom. The van der Waals surface area contributed by atoms with Gasteiger partial charge in [0, 0.05) is 22.4 Å². The van der Waals surface area contributed by atoms with E-state index < -0.39 is 0 Å². The van der Waals surface area contributed by atoms with E-state index >= 15 is 0 Å². The molecule has 10 aromatic carbocycles. The molecule has 11 rings (SSSR count). The summed E-state index contributed by atoms with van der Waals surface area (Å²) in [6.07, 6.45) is 0. The Morgan fingerprint density at radius 1 is 0.339 bits per heavy atom. The van der Waals surface area contributed by atoms with E-state index in [1.54, 1.807) is 0 Å². The van der Waals surface area contributed by atoms with Crippen LogP contribution >= 0.6 is 0 Å². The zero-order valence-electron chi connectivity index (χ0n) is 31.5. The van der Waals surface area contributed by atoms with Gasteiger partial charge in [-0.1, -0.05) is 178 Å². The fourth-order valence-electron chi connectivity index (χ4n) is 9.54. The third-order valence-corrected chi connectivity index (χ3v) is 12.2. The second kappa shape index (κ2) is 12.5. The number of rotatable bonds is 5. The normalized spacial score (nSPS) is 13.0. The Morgan fingerprint density at radius 3 is 1.77 bits per heavy atom. The van der Waals surface area contributed by atoms with Crippen LogP contribution in [-0.4, -0.2) is 0 Å². The molecule has 0 fully saturated rings. The van der Waals surface area contributed by atoms with Gasteiger partial charge in [-0.2, -0.15) is 0 Å². The molecule has 0 atom stereocenters. The average molecular weight is 714 g/mol. The third-order valence-electron chi connectivity index (χ3n) is 12.2. The summed E-state index contributed by atoms with van der Waals surface area (Å²) in [4.78, 5) is 2.48. The SMILES string of the molecule is CC1(C)c2ccccc2-c2cc(N(c3cccc(-c4ccccc4)c3)c3ccccc3-c3cc4ccc5ccccc5c4c4c3ccc3ccccc34)ccc21. The molecule has 0 heterocycles. The predicted molar refractivity (Wildman–Crippen MR) is 240 cm³/mol. The van der Waals surface area contributed by atoms with Gasteiger partial charge in [0.2, 0.25) is 0 Å². The van der Waals surface area contributed by atoms with Crippen LogP contribution in [0.25, 0.3) is 76.5 Å². The van der Waals surface area contributed by atoms with Gasteiger partial charge in [0.15, 0.2) is 0 Å². The van der Waals surface area contributed by atoms with Gasteiger partial charge >= 0.3 is 0 Å². The van der Waals surface area contributed by atoms with Crippen molar-refractivity contribution in [2.24, 2.45) is 0 Å². The van der Waals surface area contributed by atoms with E-state index in [4.69, 9.17) is 0 Å². The van der Waals surface area contributed by atoms with Gasteiger partial charge in [0.25, 0.3) is 0 Å². The van der Waals surface area contributed by atoms with E-state index in [9.17, 15) is 0 Å². The van der Waals surface area contributed by atoms with Crippen molar-refractivity contribution in [3.8, 4) is 33.4 Å². The molecule has 10 aromatic rings. The van der Waals surface area contributed by atoms with Crippen LogP contribution < -0.4 is 4.90 Å². The second-order valence-corrected chi connectivity index (χ2v) is 15.7. The van der Waals surface area contributed by atoms with Crippen LogP contribution in [-0.2, 0) is 5.41 Å². The van der Waals surface area contributed by atoms with E-state index in [0.29, 0.717) is 0 Å². The fraction of sp³-hybridized carbons (Fsp3) is 0.0545. The summed E-state index contributed by atoms with van der Waals surface area (Å²) in [6.45, 7) is 4.71. The lowest BCUT2D eigenvalue weighted by molar-refractivity contribution is 0.660. The molecule has 56 heavy (non-hydrogen) atoms. The molecule has 0 spiro atoms. The molecule has 1 nitrogen and oxygen atoms in total. The lowest BCUT2D eigenvalue weighted by Gasteiger charge is -2.30. The molecule has 0 N–H and O–H groups in total. The first-order valence-corrected chi connectivity index (χ1v) is 19.6. The van der Waals surface area contributed by atoms with Crippen molar-refractivity contribution in [2.45, 2.75) is 19.3 Å². The lowest BCUT2D eigenvalue weighted by Crippen LogP contribution is -2.15. The first-order chi connectivity index (χ1) is 27.5. The molecule has 0 aliphatic heterocycles. The van der Waals surface area contributed by atoms with E-state index in [1.807, 2.05) is 0 Å². The highest BCUT2D eigenvalue weighted by Crippen LogP contribution is 2.52. The van der Waals surface area contributed by atoms with Gasteiger partial charge in [0.1, 0.15) is 0 Å². The Balaban J connectivity index is 1.21. The number of benzene rings is 10. The third kappa shape index (κ3) is 4.94. The van der Waals surface area contributed by atoms with Gasteiger partial charge in [-0.25, -0.2) is 0 Å². The molecule has 1 aliphatic carbocycles. The monoisotopic (exact) mass is 713 g/mol. The number of nitrogens with zero attached hydrogens (tertiary/aromatic N) is 1. The molecule has 0 saturated heterocycles. The molecule has 0 saturated carbocycles. The highest BCUT2D eigenvalue weighted by atomic mass is 15.1. The number of hydrogen-bond donors (Lipinski definition) is 0. The van der Waals surface area contributed by atoms with Crippen LogP contribution in [0.3, 0.4) is 0 Å². The van der Waals surface area contributed by atoms with Crippen molar-refractivity contribution in [1.82, 2.24) is 0 Å².